The van der Waals surface area contributed by atoms with Gasteiger partial charge in [-0.1, -0.05) is 30.3 Å². The van der Waals surface area contributed by atoms with Gasteiger partial charge in [0, 0.05) is 24.9 Å². The number of benzene rings is 1. The quantitative estimate of drug-likeness (QED) is 0.639. The summed E-state index contributed by atoms with van der Waals surface area (Å²) in [5.74, 6) is 2.20. The molecule has 1 aromatic carbocycles. The molecule has 0 saturated heterocycles. The van der Waals surface area contributed by atoms with Crippen molar-refractivity contribution in [1.82, 2.24) is 5.32 Å². The first-order valence-corrected chi connectivity index (χ1v) is 7.94. The highest BCUT2D eigenvalue weighted by molar-refractivity contribution is 7.99. The van der Waals surface area contributed by atoms with Gasteiger partial charge in [0.2, 0.25) is 0 Å². The molecule has 18 heavy (non-hydrogen) atoms. The summed E-state index contributed by atoms with van der Waals surface area (Å²) < 4.78 is 0. The summed E-state index contributed by atoms with van der Waals surface area (Å²) >= 11 is 1.91. The van der Waals surface area contributed by atoms with Crippen molar-refractivity contribution in [2.24, 2.45) is 0 Å². The van der Waals surface area contributed by atoms with Crippen LogP contribution in [0.2, 0.25) is 0 Å². The number of aryl methyl sites for hydroxylation is 1. The molecule has 0 bridgehead atoms. The molecule has 0 aromatic heterocycles. The van der Waals surface area contributed by atoms with E-state index in [-0.39, 0.29) is 0 Å². The van der Waals surface area contributed by atoms with E-state index in [9.17, 15) is 0 Å². The highest BCUT2D eigenvalue weighted by atomic mass is 32.2. The number of hydrogen-bond acceptors (Lipinski definition) is 3. The molecule has 1 unspecified atom stereocenters. The molecule has 2 nitrogen and oxygen atoms in total. The molecule has 1 atom stereocenters. The maximum Gasteiger partial charge on any atom is 0.0438 e. The van der Waals surface area contributed by atoms with Crippen LogP contribution in [0.1, 0.15) is 25.3 Å². The zero-order valence-electron chi connectivity index (χ0n) is 11.3. The van der Waals surface area contributed by atoms with E-state index in [2.05, 4.69) is 42.6 Å². The van der Waals surface area contributed by atoms with Crippen LogP contribution in [0.15, 0.2) is 30.3 Å². The molecule has 0 heterocycles. The van der Waals surface area contributed by atoms with Crippen molar-refractivity contribution in [3.63, 3.8) is 0 Å². The van der Waals surface area contributed by atoms with E-state index in [1.165, 1.54) is 12.0 Å². The molecule has 0 radical (unpaired) electrons. The van der Waals surface area contributed by atoms with Gasteiger partial charge in [-0.2, -0.15) is 11.8 Å². The Morgan fingerprint density at radius 3 is 2.72 bits per heavy atom. The first-order chi connectivity index (χ1) is 8.83. The molecule has 3 heteroatoms. The van der Waals surface area contributed by atoms with Crippen LogP contribution in [0.3, 0.4) is 0 Å². The molecular weight excluding hydrogens is 242 g/mol. The van der Waals surface area contributed by atoms with Gasteiger partial charge in [0.25, 0.3) is 0 Å². The lowest BCUT2D eigenvalue weighted by atomic mass is 10.1. The fourth-order valence-electron chi connectivity index (χ4n) is 1.78. The zero-order valence-corrected chi connectivity index (χ0v) is 12.1. The molecule has 0 aliphatic heterocycles. The van der Waals surface area contributed by atoms with E-state index >= 15 is 0 Å². The van der Waals surface area contributed by atoms with Crippen LogP contribution in [0.5, 0.6) is 0 Å². The van der Waals surface area contributed by atoms with Crippen LogP contribution in [-0.2, 0) is 6.42 Å². The molecule has 0 aliphatic rings. The second kappa shape index (κ2) is 10.4. The van der Waals surface area contributed by atoms with Gasteiger partial charge in [-0.3, -0.25) is 0 Å². The Bertz CT molecular complexity index is 292. The standard InChI is InChI=1S/C15H25NOS/c1-14(16-10-13-18-12-5-11-17)8-9-15-6-3-2-4-7-15/h2-4,6-7,14,16-17H,5,8-13H2,1H3. The van der Waals surface area contributed by atoms with Gasteiger partial charge < -0.3 is 10.4 Å². The minimum Gasteiger partial charge on any atom is -0.396 e. The van der Waals surface area contributed by atoms with Gasteiger partial charge in [0.05, 0.1) is 0 Å². The lowest BCUT2D eigenvalue weighted by Crippen LogP contribution is -2.28. The molecule has 1 rings (SSSR count). The molecule has 1 aromatic rings. The smallest absolute Gasteiger partial charge is 0.0438 e. The maximum atomic E-state index is 8.66. The Kier molecular flexibility index (Phi) is 9.00. The lowest BCUT2D eigenvalue weighted by Gasteiger charge is -2.13. The number of rotatable bonds is 10. The first-order valence-electron chi connectivity index (χ1n) is 6.79. The summed E-state index contributed by atoms with van der Waals surface area (Å²) in [5.41, 5.74) is 1.42. The van der Waals surface area contributed by atoms with E-state index in [1.807, 2.05) is 11.8 Å². The molecule has 0 amide bonds. The van der Waals surface area contributed by atoms with Crippen LogP contribution in [0.25, 0.3) is 0 Å². The molecular formula is C15H25NOS. The van der Waals surface area contributed by atoms with Crippen molar-refractivity contribution < 1.29 is 5.11 Å². The molecule has 0 saturated carbocycles. The Morgan fingerprint density at radius 2 is 2.00 bits per heavy atom. The van der Waals surface area contributed by atoms with Crippen molar-refractivity contribution in [3.8, 4) is 0 Å². The van der Waals surface area contributed by atoms with Crippen molar-refractivity contribution >= 4 is 11.8 Å². The molecule has 2 N–H and O–H groups in total. The summed E-state index contributed by atoms with van der Waals surface area (Å²) in [4.78, 5) is 0. The first kappa shape index (κ1) is 15.5. The van der Waals surface area contributed by atoms with Crippen LogP contribution in [0.4, 0.5) is 0 Å². The summed E-state index contributed by atoms with van der Waals surface area (Å²) in [7, 11) is 0. The lowest BCUT2D eigenvalue weighted by molar-refractivity contribution is 0.296. The third-order valence-electron chi connectivity index (χ3n) is 2.89. The molecule has 0 fully saturated rings. The Labute approximate surface area is 115 Å². The predicted octanol–water partition coefficient (Wildman–Crippen LogP) is 2.71. The van der Waals surface area contributed by atoms with Crippen LogP contribution >= 0.6 is 11.8 Å². The van der Waals surface area contributed by atoms with Crippen molar-refractivity contribution in [2.75, 3.05) is 24.7 Å². The van der Waals surface area contributed by atoms with Gasteiger partial charge in [-0.15, -0.1) is 0 Å². The Hall–Kier alpha value is -0.510. The van der Waals surface area contributed by atoms with E-state index in [1.54, 1.807) is 0 Å². The highest BCUT2D eigenvalue weighted by Crippen LogP contribution is 2.05. The monoisotopic (exact) mass is 267 g/mol. The van der Waals surface area contributed by atoms with Gasteiger partial charge in [-0.05, 0) is 37.5 Å². The number of hydrogen-bond donors (Lipinski definition) is 2. The van der Waals surface area contributed by atoms with E-state index in [0.29, 0.717) is 12.6 Å². The average Bonchev–Trinajstić information content (AvgIpc) is 2.41. The van der Waals surface area contributed by atoms with E-state index in [0.717, 1.165) is 30.9 Å². The largest absolute Gasteiger partial charge is 0.396 e. The minimum absolute atomic E-state index is 0.313. The van der Waals surface area contributed by atoms with Gasteiger partial charge in [0.15, 0.2) is 0 Å². The normalized spacial score (nSPS) is 12.6. The second-order valence-electron chi connectivity index (χ2n) is 4.57. The second-order valence-corrected chi connectivity index (χ2v) is 5.79. The Morgan fingerprint density at radius 1 is 1.22 bits per heavy atom. The van der Waals surface area contributed by atoms with Gasteiger partial charge >= 0.3 is 0 Å². The van der Waals surface area contributed by atoms with Gasteiger partial charge in [-0.25, -0.2) is 0 Å². The Balaban J connectivity index is 1.99. The van der Waals surface area contributed by atoms with Gasteiger partial charge in [0.1, 0.15) is 0 Å². The summed E-state index contributed by atoms with van der Waals surface area (Å²) in [5, 5.41) is 12.2. The predicted molar refractivity (Wildman–Crippen MR) is 81.3 cm³/mol. The van der Waals surface area contributed by atoms with Crippen LogP contribution in [0, 0.1) is 0 Å². The fraction of sp³-hybridized carbons (Fsp3) is 0.600. The third-order valence-corrected chi connectivity index (χ3v) is 3.96. The maximum absolute atomic E-state index is 8.66. The number of aliphatic hydroxyl groups excluding tert-OH is 1. The molecule has 0 aliphatic carbocycles. The van der Waals surface area contributed by atoms with Crippen LogP contribution in [-0.4, -0.2) is 35.8 Å². The number of nitrogens with one attached hydrogen (secondary N) is 1. The topological polar surface area (TPSA) is 32.3 Å². The highest BCUT2D eigenvalue weighted by Gasteiger charge is 2.01. The molecule has 0 spiro atoms. The van der Waals surface area contributed by atoms with Crippen molar-refractivity contribution in [2.45, 2.75) is 32.2 Å². The van der Waals surface area contributed by atoms with E-state index < -0.39 is 0 Å². The van der Waals surface area contributed by atoms with Crippen LogP contribution < -0.4 is 5.32 Å². The average molecular weight is 267 g/mol. The minimum atomic E-state index is 0.313. The van der Waals surface area contributed by atoms with E-state index in [4.69, 9.17) is 5.11 Å². The van der Waals surface area contributed by atoms with Crippen molar-refractivity contribution in [3.05, 3.63) is 35.9 Å². The number of aliphatic hydroxyl groups is 1. The third kappa shape index (κ3) is 7.75. The summed E-state index contributed by atoms with van der Waals surface area (Å²) in [6.45, 7) is 3.63. The fourth-order valence-corrected chi connectivity index (χ4v) is 2.58. The molecule has 102 valence electrons. The summed E-state index contributed by atoms with van der Waals surface area (Å²) in [6.07, 6.45) is 3.24. The summed E-state index contributed by atoms with van der Waals surface area (Å²) in [6, 6.07) is 11.2. The number of thioether (sulfide) groups is 1. The zero-order chi connectivity index (χ0) is 13.1. The van der Waals surface area contributed by atoms with Crippen molar-refractivity contribution in [1.29, 1.82) is 0 Å². The SMILES string of the molecule is CC(CCc1ccccc1)NCCSCCCO.